The number of carbonyl (C=O) groups is 1. The molecule has 1 aromatic rings. The molecule has 0 fully saturated rings. The van der Waals surface area contributed by atoms with Crippen LogP contribution in [0.15, 0.2) is 30.3 Å². The molecule has 0 heterocycles. The van der Waals surface area contributed by atoms with Gasteiger partial charge in [-0.3, -0.25) is 0 Å². The quantitative estimate of drug-likeness (QED) is 0.826. The minimum Gasteiger partial charge on any atom is -0.338 e. The molecule has 2 N–H and O–H groups in total. The highest BCUT2D eigenvalue weighted by molar-refractivity contribution is 5.74. The zero-order valence-corrected chi connectivity index (χ0v) is 11.8. The lowest BCUT2D eigenvalue weighted by Gasteiger charge is -2.29. The van der Waals surface area contributed by atoms with Crippen molar-refractivity contribution in [2.45, 2.75) is 45.6 Å². The summed E-state index contributed by atoms with van der Waals surface area (Å²) < 4.78 is 0. The Hall–Kier alpha value is -1.51. The molecular formula is C15H24N2O. The van der Waals surface area contributed by atoms with E-state index in [2.05, 4.69) is 48.7 Å². The average molecular weight is 248 g/mol. The van der Waals surface area contributed by atoms with Gasteiger partial charge in [-0.2, -0.15) is 0 Å². The van der Waals surface area contributed by atoms with Crippen molar-refractivity contribution in [3.05, 3.63) is 35.9 Å². The van der Waals surface area contributed by atoms with Crippen molar-refractivity contribution in [3.8, 4) is 0 Å². The van der Waals surface area contributed by atoms with Gasteiger partial charge in [-0.05, 0) is 31.2 Å². The molecule has 0 aliphatic rings. The molecule has 0 spiro atoms. The van der Waals surface area contributed by atoms with E-state index >= 15 is 0 Å². The first-order valence-electron chi connectivity index (χ1n) is 6.55. The van der Waals surface area contributed by atoms with Crippen molar-refractivity contribution in [3.63, 3.8) is 0 Å². The summed E-state index contributed by atoms with van der Waals surface area (Å²) in [6.07, 6.45) is 0.911. The fraction of sp³-hybridized carbons (Fsp3) is 0.533. The first-order valence-corrected chi connectivity index (χ1v) is 6.55. The van der Waals surface area contributed by atoms with E-state index in [1.807, 2.05) is 19.9 Å². The summed E-state index contributed by atoms with van der Waals surface area (Å²) in [6, 6.07) is 10.5. The number of nitrogens with one attached hydrogen (secondary N) is 2. The van der Waals surface area contributed by atoms with Crippen LogP contribution in [0.4, 0.5) is 4.79 Å². The summed E-state index contributed by atoms with van der Waals surface area (Å²) in [7, 11) is 0. The van der Waals surface area contributed by atoms with Gasteiger partial charge < -0.3 is 10.6 Å². The summed E-state index contributed by atoms with van der Waals surface area (Å²) in [4.78, 5) is 11.5. The van der Waals surface area contributed by atoms with Crippen LogP contribution in [-0.4, -0.2) is 18.6 Å². The molecule has 18 heavy (non-hydrogen) atoms. The molecule has 0 saturated carbocycles. The largest absolute Gasteiger partial charge is 0.338 e. The normalized spacial score (nSPS) is 12.9. The van der Waals surface area contributed by atoms with Gasteiger partial charge in [0.25, 0.3) is 0 Å². The molecule has 0 aliphatic carbocycles. The Labute approximate surface area is 110 Å². The maximum Gasteiger partial charge on any atom is 0.314 e. The van der Waals surface area contributed by atoms with E-state index < -0.39 is 0 Å². The Morgan fingerprint density at radius 2 is 1.89 bits per heavy atom. The zero-order valence-electron chi connectivity index (χ0n) is 11.8. The van der Waals surface area contributed by atoms with E-state index in [4.69, 9.17) is 0 Å². The Morgan fingerprint density at radius 1 is 1.28 bits per heavy atom. The Morgan fingerprint density at radius 3 is 2.44 bits per heavy atom. The standard InChI is InChI=1S/C15H24N2O/c1-5-16-14(18)17-12(2)11-15(3,4)13-9-7-6-8-10-13/h6-10,12H,5,11H2,1-4H3,(H2,16,17,18). The van der Waals surface area contributed by atoms with Crippen LogP contribution in [0.1, 0.15) is 39.7 Å². The highest BCUT2D eigenvalue weighted by atomic mass is 16.2. The monoisotopic (exact) mass is 248 g/mol. The molecule has 2 amide bonds. The van der Waals surface area contributed by atoms with E-state index in [1.54, 1.807) is 0 Å². The minimum absolute atomic E-state index is 0.0557. The predicted molar refractivity (Wildman–Crippen MR) is 75.8 cm³/mol. The zero-order chi connectivity index (χ0) is 13.6. The van der Waals surface area contributed by atoms with Crippen molar-refractivity contribution in [2.75, 3.05) is 6.54 Å². The lowest BCUT2D eigenvalue weighted by Crippen LogP contribution is -2.42. The van der Waals surface area contributed by atoms with Crippen molar-refractivity contribution in [2.24, 2.45) is 0 Å². The molecule has 0 radical (unpaired) electrons. The number of rotatable bonds is 5. The van der Waals surface area contributed by atoms with Gasteiger partial charge in [-0.1, -0.05) is 44.2 Å². The first-order chi connectivity index (χ1) is 8.45. The number of urea groups is 1. The molecule has 3 heteroatoms. The van der Waals surface area contributed by atoms with Crippen molar-refractivity contribution < 1.29 is 4.79 Å². The summed E-state index contributed by atoms with van der Waals surface area (Å²) in [6.45, 7) is 9.02. The van der Waals surface area contributed by atoms with Crippen LogP contribution < -0.4 is 10.6 Å². The minimum atomic E-state index is -0.0890. The van der Waals surface area contributed by atoms with Crippen LogP contribution in [0.5, 0.6) is 0 Å². The van der Waals surface area contributed by atoms with Crippen molar-refractivity contribution in [1.29, 1.82) is 0 Å². The number of benzene rings is 1. The molecule has 0 aliphatic heterocycles. The molecule has 1 atom stereocenters. The Balaban J connectivity index is 2.58. The van der Waals surface area contributed by atoms with Gasteiger partial charge in [0.1, 0.15) is 0 Å². The number of hydrogen-bond acceptors (Lipinski definition) is 1. The third kappa shape index (κ3) is 4.40. The van der Waals surface area contributed by atoms with Gasteiger partial charge in [0, 0.05) is 12.6 Å². The van der Waals surface area contributed by atoms with Crippen LogP contribution in [0, 0.1) is 0 Å². The van der Waals surface area contributed by atoms with Gasteiger partial charge in [-0.25, -0.2) is 4.79 Å². The van der Waals surface area contributed by atoms with Crippen LogP contribution in [0.2, 0.25) is 0 Å². The number of hydrogen-bond donors (Lipinski definition) is 2. The van der Waals surface area contributed by atoms with Crippen LogP contribution in [-0.2, 0) is 5.41 Å². The Kier molecular flexibility index (Phi) is 5.20. The van der Waals surface area contributed by atoms with Gasteiger partial charge in [0.15, 0.2) is 0 Å². The lowest BCUT2D eigenvalue weighted by atomic mass is 9.79. The van der Waals surface area contributed by atoms with Gasteiger partial charge in [0.2, 0.25) is 0 Å². The molecule has 100 valence electrons. The van der Waals surface area contributed by atoms with E-state index in [0.29, 0.717) is 6.54 Å². The van der Waals surface area contributed by atoms with Gasteiger partial charge in [-0.15, -0.1) is 0 Å². The summed E-state index contributed by atoms with van der Waals surface area (Å²) >= 11 is 0. The fourth-order valence-electron chi connectivity index (χ4n) is 2.26. The predicted octanol–water partition coefficient (Wildman–Crippen LogP) is 3.06. The molecule has 1 aromatic carbocycles. The molecule has 0 aromatic heterocycles. The van der Waals surface area contributed by atoms with Crippen molar-refractivity contribution in [1.82, 2.24) is 10.6 Å². The smallest absolute Gasteiger partial charge is 0.314 e. The molecule has 3 nitrogen and oxygen atoms in total. The summed E-state index contributed by atoms with van der Waals surface area (Å²) in [5.41, 5.74) is 1.36. The fourth-order valence-corrected chi connectivity index (χ4v) is 2.26. The second kappa shape index (κ2) is 6.43. The third-order valence-corrected chi connectivity index (χ3v) is 3.09. The summed E-state index contributed by atoms with van der Waals surface area (Å²) in [5, 5.41) is 5.71. The SMILES string of the molecule is CCNC(=O)NC(C)CC(C)(C)c1ccccc1. The number of amides is 2. The van der Waals surface area contributed by atoms with E-state index in [0.717, 1.165) is 6.42 Å². The first kappa shape index (κ1) is 14.6. The molecule has 0 bridgehead atoms. The summed E-state index contributed by atoms with van der Waals surface area (Å²) in [5.74, 6) is 0. The van der Waals surface area contributed by atoms with Crippen LogP contribution >= 0.6 is 0 Å². The topological polar surface area (TPSA) is 41.1 Å². The third-order valence-electron chi connectivity index (χ3n) is 3.09. The second-order valence-corrected chi connectivity index (χ2v) is 5.36. The van der Waals surface area contributed by atoms with E-state index in [1.165, 1.54) is 5.56 Å². The molecule has 0 saturated heterocycles. The van der Waals surface area contributed by atoms with Crippen LogP contribution in [0.3, 0.4) is 0 Å². The number of carbonyl (C=O) groups excluding carboxylic acids is 1. The maximum atomic E-state index is 11.5. The van der Waals surface area contributed by atoms with E-state index in [9.17, 15) is 4.79 Å². The molecule has 1 rings (SSSR count). The van der Waals surface area contributed by atoms with Gasteiger partial charge >= 0.3 is 6.03 Å². The maximum absolute atomic E-state index is 11.5. The second-order valence-electron chi connectivity index (χ2n) is 5.36. The lowest BCUT2D eigenvalue weighted by molar-refractivity contribution is 0.235. The van der Waals surface area contributed by atoms with Crippen LogP contribution in [0.25, 0.3) is 0 Å². The molecule has 1 unspecified atom stereocenters. The van der Waals surface area contributed by atoms with Gasteiger partial charge in [0.05, 0.1) is 0 Å². The average Bonchev–Trinajstić information content (AvgIpc) is 2.29. The highest BCUT2D eigenvalue weighted by Gasteiger charge is 2.23. The van der Waals surface area contributed by atoms with E-state index in [-0.39, 0.29) is 17.5 Å². The van der Waals surface area contributed by atoms with Crippen molar-refractivity contribution >= 4 is 6.03 Å². The highest BCUT2D eigenvalue weighted by Crippen LogP contribution is 2.27. The Bertz CT molecular complexity index is 373. The molecular weight excluding hydrogens is 224 g/mol.